The van der Waals surface area contributed by atoms with Crippen LogP contribution < -0.4 is 5.73 Å². The lowest BCUT2D eigenvalue weighted by Gasteiger charge is -2.23. The second-order valence-electron chi connectivity index (χ2n) is 7.43. The first kappa shape index (κ1) is 20.5. The Morgan fingerprint density at radius 3 is 2.64 bits per heavy atom. The van der Waals surface area contributed by atoms with E-state index in [2.05, 4.69) is 35.2 Å². The summed E-state index contributed by atoms with van der Waals surface area (Å²) in [6, 6.07) is 16.6. The number of primary amides is 1. The van der Waals surface area contributed by atoms with Gasteiger partial charge in [-0.25, -0.2) is 0 Å². The van der Waals surface area contributed by atoms with Gasteiger partial charge in [0.05, 0.1) is 12.0 Å². The van der Waals surface area contributed by atoms with Gasteiger partial charge in [0.2, 0.25) is 5.91 Å². The number of carbonyl (C=O) groups excluding carboxylic acids is 1. The van der Waals surface area contributed by atoms with Gasteiger partial charge in [-0.15, -0.1) is 0 Å². The monoisotopic (exact) mass is 382 g/mol. The Kier molecular flexibility index (Phi) is 7.20. The lowest BCUT2D eigenvalue weighted by molar-refractivity contribution is -0.121. The minimum Gasteiger partial charge on any atom is -0.392 e. The van der Waals surface area contributed by atoms with Crippen molar-refractivity contribution in [2.24, 2.45) is 5.73 Å². The first-order valence-electron chi connectivity index (χ1n) is 10.0. The summed E-state index contributed by atoms with van der Waals surface area (Å²) in [5, 5.41) is 10.2. The minimum absolute atomic E-state index is 0.457. The Morgan fingerprint density at radius 2 is 1.93 bits per heavy atom. The molecule has 150 valence electrons. The molecule has 3 rings (SSSR count). The molecule has 1 aliphatic rings. The Balaban J connectivity index is 1.73. The highest BCUT2D eigenvalue weighted by atomic mass is 16.5. The maximum Gasteiger partial charge on any atom is 0.227 e. The second-order valence-corrected chi connectivity index (χ2v) is 7.43. The average molecular weight is 383 g/mol. The predicted molar refractivity (Wildman–Crippen MR) is 110 cm³/mol. The fourth-order valence-corrected chi connectivity index (χ4v) is 3.96. The van der Waals surface area contributed by atoms with Gasteiger partial charge >= 0.3 is 0 Å². The molecule has 28 heavy (non-hydrogen) atoms. The van der Waals surface area contributed by atoms with Crippen molar-refractivity contribution in [3.8, 4) is 0 Å². The molecule has 0 bridgehead atoms. The van der Waals surface area contributed by atoms with Crippen molar-refractivity contribution in [2.75, 3.05) is 19.8 Å². The second kappa shape index (κ2) is 9.82. The van der Waals surface area contributed by atoms with Crippen LogP contribution in [0, 0.1) is 0 Å². The molecule has 3 N–H and O–H groups in total. The standard InChI is InChI=1S/C23H30N2O3/c1-2-28-12-6-11-25(15-17-7-4-3-5-8-17)16-18-9-10-19-14-21(26)22(23(24)27)20(19)13-18/h3-5,7-10,13,21-22,26H,2,6,11-12,14-16H2,1H3,(H2,24,27)/t21-,22-/m1/s1. The topological polar surface area (TPSA) is 75.8 Å². The highest BCUT2D eigenvalue weighted by molar-refractivity contribution is 5.84. The van der Waals surface area contributed by atoms with E-state index in [0.717, 1.165) is 56.0 Å². The normalized spacial score (nSPS) is 18.4. The Morgan fingerprint density at radius 1 is 1.18 bits per heavy atom. The van der Waals surface area contributed by atoms with Crippen LogP contribution in [0.1, 0.15) is 41.5 Å². The smallest absolute Gasteiger partial charge is 0.227 e. The van der Waals surface area contributed by atoms with E-state index in [0.29, 0.717) is 6.42 Å². The molecule has 5 nitrogen and oxygen atoms in total. The SMILES string of the molecule is CCOCCCN(Cc1ccccc1)Cc1ccc2c(c1)[C@@H](C(N)=O)[C@H](O)C2. The van der Waals surface area contributed by atoms with Gasteiger partial charge in [-0.05, 0) is 42.0 Å². The summed E-state index contributed by atoms with van der Waals surface area (Å²) < 4.78 is 5.49. The molecule has 0 radical (unpaired) electrons. The maximum absolute atomic E-state index is 11.8. The molecule has 2 aromatic carbocycles. The van der Waals surface area contributed by atoms with E-state index in [1.165, 1.54) is 5.56 Å². The lowest BCUT2D eigenvalue weighted by atomic mass is 9.97. The number of nitrogens with two attached hydrogens (primary N) is 1. The molecule has 2 atom stereocenters. The summed E-state index contributed by atoms with van der Waals surface area (Å²) in [5.74, 6) is -1.06. The van der Waals surface area contributed by atoms with Gasteiger partial charge in [0.25, 0.3) is 0 Å². The fraction of sp³-hybridized carbons (Fsp3) is 0.435. The Hall–Kier alpha value is -2.21. The molecular weight excluding hydrogens is 352 g/mol. The van der Waals surface area contributed by atoms with E-state index in [-0.39, 0.29) is 0 Å². The number of hydrogen-bond acceptors (Lipinski definition) is 4. The molecule has 1 amide bonds. The van der Waals surface area contributed by atoms with Crippen LogP contribution in [0.2, 0.25) is 0 Å². The van der Waals surface area contributed by atoms with Gasteiger partial charge in [-0.3, -0.25) is 9.69 Å². The molecule has 0 fully saturated rings. The molecule has 0 aliphatic heterocycles. The van der Waals surface area contributed by atoms with Gasteiger partial charge in [0, 0.05) is 32.8 Å². The van der Waals surface area contributed by atoms with Crippen LogP contribution in [0.5, 0.6) is 0 Å². The number of nitrogens with zero attached hydrogens (tertiary/aromatic N) is 1. The van der Waals surface area contributed by atoms with E-state index >= 15 is 0 Å². The van der Waals surface area contributed by atoms with Crippen molar-refractivity contribution >= 4 is 5.91 Å². The molecule has 1 aliphatic carbocycles. The molecule has 0 unspecified atom stereocenters. The third-order valence-corrected chi connectivity index (χ3v) is 5.29. The van der Waals surface area contributed by atoms with Crippen molar-refractivity contribution in [1.82, 2.24) is 4.90 Å². The van der Waals surface area contributed by atoms with Crippen molar-refractivity contribution in [1.29, 1.82) is 0 Å². The molecule has 0 spiro atoms. The van der Waals surface area contributed by atoms with Crippen LogP contribution in [0.4, 0.5) is 0 Å². The van der Waals surface area contributed by atoms with Crippen molar-refractivity contribution in [2.45, 2.75) is 44.9 Å². The third-order valence-electron chi connectivity index (χ3n) is 5.29. The number of ether oxygens (including phenoxy) is 1. The molecule has 5 heteroatoms. The van der Waals surface area contributed by atoms with Crippen LogP contribution in [0.25, 0.3) is 0 Å². The van der Waals surface area contributed by atoms with E-state index in [9.17, 15) is 9.90 Å². The van der Waals surface area contributed by atoms with Crippen LogP contribution in [-0.2, 0) is 29.0 Å². The zero-order valence-corrected chi connectivity index (χ0v) is 16.5. The van der Waals surface area contributed by atoms with Crippen molar-refractivity contribution in [3.63, 3.8) is 0 Å². The predicted octanol–water partition coefficient (Wildman–Crippen LogP) is 2.60. The average Bonchev–Trinajstić information content (AvgIpc) is 3.01. The zero-order chi connectivity index (χ0) is 19.9. The number of carbonyl (C=O) groups is 1. The number of aliphatic hydroxyl groups excluding tert-OH is 1. The first-order valence-corrected chi connectivity index (χ1v) is 10.0. The van der Waals surface area contributed by atoms with Crippen LogP contribution in [-0.4, -0.2) is 41.8 Å². The van der Waals surface area contributed by atoms with Gasteiger partial charge < -0.3 is 15.6 Å². The van der Waals surface area contributed by atoms with Gasteiger partial charge in [-0.1, -0.05) is 48.5 Å². The van der Waals surface area contributed by atoms with Crippen molar-refractivity contribution < 1.29 is 14.6 Å². The summed E-state index contributed by atoms with van der Waals surface area (Å²) in [6.45, 7) is 6.05. The molecule has 0 aromatic heterocycles. The van der Waals surface area contributed by atoms with Crippen LogP contribution in [0.15, 0.2) is 48.5 Å². The van der Waals surface area contributed by atoms with E-state index in [1.807, 2.05) is 25.1 Å². The number of benzene rings is 2. The fourth-order valence-electron chi connectivity index (χ4n) is 3.96. The molecule has 0 saturated carbocycles. The highest BCUT2D eigenvalue weighted by Crippen LogP contribution is 2.34. The van der Waals surface area contributed by atoms with Gasteiger partial charge in [0.1, 0.15) is 0 Å². The number of hydrogen-bond donors (Lipinski definition) is 2. The summed E-state index contributed by atoms with van der Waals surface area (Å²) in [4.78, 5) is 14.2. The number of rotatable bonds is 10. The van der Waals surface area contributed by atoms with Crippen molar-refractivity contribution in [3.05, 3.63) is 70.8 Å². The Bertz CT molecular complexity index is 779. The van der Waals surface area contributed by atoms with E-state index in [4.69, 9.17) is 10.5 Å². The number of fused-ring (bicyclic) bond motifs is 1. The first-order chi connectivity index (χ1) is 13.6. The maximum atomic E-state index is 11.8. The minimum atomic E-state index is -0.714. The highest BCUT2D eigenvalue weighted by Gasteiger charge is 2.35. The summed E-state index contributed by atoms with van der Waals surface area (Å²) in [5.41, 5.74) is 9.83. The summed E-state index contributed by atoms with van der Waals surface area (Å²) >= 11 is 0. The molecule has 0 saturated heterocycles. The summed E-state index contributed by atoms with van der Waals surface area (Å²) in [6.07, 6.45) is 0.744. The molecular formula is C23H30N2O3. The largest absolute Gasteiger partial charge is 0.392 e. The van der Waals surface area contributed by atoms with Crippen LogP contribution in [0.3, 0.4) is 0 Å². The van der Waals surface area contributed by atoms with E-state index < -0.39 is 17.9 Å². The zero-order valence-electron chi connectivity index (χ0n) is 16.5. The molecule has 0 heterocycles. The lowest BCUT2D eigenvalue weighted by Crippen LogP contribution is -2.28. The third kappa shape index (κ3) is 5.19. The number of amides is 1. The number of aliphatic hydroxyl groups is 1. The quantitative estimate of drug-likeness (QED) is 0.620. The van der Waals surface area contributed by atoms with Gasteiger partial charge in [0.15, 0.2) is 0 Å². The summed E-state index contributed by atoms with van der Waals surface area (Å²) in [7, 11) is 0. The van der Waals surface area contributed by atoms with Crippen LogP contribution >= 0.6 is 0 Å². The van der Waals surface area contributed by atoms with E-state index in [1.54, 1.807) is 0 Å². The van der Waals surface area contributed by atoms with Gasteiger partial charge in [-0.2, -0.15) is 0 Å². The molecule has 2 aromatic rings. The Labute approximate surface area is 167 Å².